The van der Waals surface area contributed by atoms with E-state index in [9.17, 15) is 4.79 Å². The van der Waals surface area contributed by atoms with Crippen LogP contribution in [-0.2, 0) is 17.8 Å². The molecule has 0 bridgehead atoms. The fourth-order valence-corrected chi connectivity index (χ4v) is 4.56. The molecule has 1 aromatic heterocycles. The van der Waals surface area contributed by atoms with E-state index < -0.39 is 0 Å². The molecule has 0 unspecified atom stereocenters. The van der Waals surface area contributed by atoms with Gasteiger partial charge in [-0.15, -0.1) is 0 Å². The minimum absolute atomic E-state index is 0.146. The van der Waals surface area contributed by atoms with E-state index >= 15 is 0 Å². The molecule has 2 aliphatic heterocycles. The Hall–Kier alpha value is -2.43. The predicted molar refractivity (Wildman–Crippen MR) is 109 cm³/mol. The van der Waals surface area contributed by atoms with Crippen molar-refractivity contribution in [3.05, 3.63) is 53.0 Å². The maximum Gasteiger partial charge on any atom is 0.226 e. The molecule has 1 aliphatic carbocycles. The standard InChI is InChI=1S/C23H28N4O/c1-16-14-21(25-22(24-16)18-6-7-18)26-11-9-19(10-12-26)23(28)27-13-8-17-4-2-3-5-20(17)15-27/h2-5,14,18-19H,6-13,15H2,1H3. The zero-order valence-corrected chi connectivity index (χ0v) is 16.6. The van der Waals surface area contributed by atoms with Crippen molar-refractivity contribution in [3.63, 3.8) is 0 Å². The molecule has 5 nitrogen and oxygen atoms in total. The molecule has 1 saturated carbocycles. The van der Waals surface area contributed by atoms with E-state index in [0.29, 0.717) is 11.8 Å². The van der Waals surface area contributed by atoms with E-state index in [1.165, 1.54) is 24.0 Å². The topological polar surface area (TPSA) is 49.3 Å². The fraction of sp³-hybridized carbons (Fsp3) is 0.522. The summed E-state index contributed by atoms with van der Waals surface area (Å²) in [5.74, 6) is 3.12. The number of amides is 1. The van der Waals surface area contributed by atoms with Crippen molar-refractivity contribution in [2.75, 3.05) is 24.5 Å². The van der Waals surface area contributed by atoms with E-state index in [4.69, 9.17) is 4.98 Å². The molecule has 3 heterocycles. The van der Waals surface area contributed by atoms with E-state index in [0.717, 1.165) is 62.8 Å². The van der Waals surface area contributed by atoms with Gasteiger partial charge in [-0.3, -0.25) is 4.79 Å². The minimum Gasteiger partial charge on any atom is -0.356 e. The Morgan fingerprint density at radius 3 is 2.50 bits per heavy atom. The van der Waals surface area contributed by atoms with Crippen molar-refractivity contribution in [3.8, 4) is 0 Å². The zero-order valence-electron chi connectivity index (χ0n) is 16.6. The van der Waals surface area contributed by atoms with Crippen molar-refractivity contribution in [1.82, 2.24) is 14.9 Å². The summed E-state index contributed by atoms with van der Waals surface area (Å²) in [5, 5.41) is 0. The van der Waals surface area contributed by atoms with Crippen LogP contribution in [0.25, 0.3) is 0 Å². The summed E-state index contributed by atoms with van der Waals surface area (Å²) < 4.78 is 0. The van der Waals surface area contributed by atoms with Gasteiger partial charge < -0.3 is 9.80 Å². The van der Waals surface area contributed by atoms with Crippen molar-refractivity contribution in [2.45, 2.75) is 51.5 Å². The monoisotopic (exact) mass is 376 g/mol. The quantitative estimate of drug-likeness (QED) is 0.823. The molecule has 2 fully saturated rings. The molecule has 0 atom stereocenters. The second-order valence-corrected chi connectivity index (χ2v) is 8.54. The van der Waals surface area contributed by atoms with Crippen molar-refractivity contribution in [2.24, 2.45) is 5.92 Å². The van der Waals surface area contributed by atoms with Crippen molar-refractivity contribution < 1.29 is 4.79 Å². The zero-order chi connectivity index (χ0) is 19.1. The minimum atomic E-state index is 0.146. The van der Waals surface area contributed by atoms with Gasteiger partial charge in [0, 0.05) is 49.8 Å². The number of carbonyl (C=O) groups excluding carboxylic acids is 1. The van der Waals surface area contributed by atoms with Crippen LogP contribution >= 0.6 is 0 Å². The molecule has 2 aromatic rings. The number of aromatic nitrogens is 2. The van der Waals surface area contributed by atoms with Crippen molar-refractivity contribution in [1.29, 1.82) is 0 Å². The van der Waals surface area contributed by atoms with Crippen LogP contribution in [-0.4, -0.2) is 40.4 Å². The van der Waals surface area contributed by atoms with E-state index in [2.05, 4.69) is 52.0 Å². The lowest BCUT2D eigenvalue weighted by atomic mass is 9.93. The highest BCUT2D eigenvalue weighted by Gasteiger charge is 2.32. The van der Waals surface area contributed by atoms with Gasteiger partial charge in [-0.2, -0.15) is 0 Å². The number of nitrogens with zero attached hydrogens (tertiary/aromatic N) is 4. The lowest BCUT2D eigenvalue weighted by Gasteiger charge is -2.36. The molecule has 0 N–H and O–H groups in total. The van der Waals surface area contributed by atoms with Crippen LogP contribution in [0.4, 0.5) is 5.82 Å². The third-order valence-electron chi connectivity index (χ3n) is 6.41. The van der Waals surface area contributed by atoms with Gasteiger partial charge in [-0.1, -0.05) is 24.3 Å². The number of benzene rings is 1. The van der Waals surface area contributed by atoms with E-state index in [1.54, 1.807) is 0 Å². The number of aryl methyl sites for hydroxylation is 1. The Kier molecular flexibility index (Phi) is 4.53. The summed E-state index contributed by atoms with van der Waals surface area (Å²) in [5.41, 5.74) is 3.76. The molecular formula is C23H28N4O. The second-order valence-electron chi connectivity index (χ2n) is 8.54. The SMILES string of the molecule is Cc1cc(N2CCC(C(=O)N3CCc4ccccc4C3)CC2)nc(C2CC2)n1. The summed E-state index contributed by atoms with van der Waals surface area (Å²) in [6.07, 6.45) is 5.25. The summed E-state index contributed by atoms with van der Waals surface area (Å²) in [6, 6.07) is 10.6. The molecule has 1 amide bonds. The molecule has 0 radical (unpaired) electrons. The fourth-order valence-electron chi connectivity index (χ4n) is 4.56. The van der Waals surface area contributed by atoms with Crippen LogP contribution in [0.1, 0.15) is 54.2 Å². The number of anilines is 1. The molecule has 5 heteroatoms. The average molecular weight is 377 g/mol. The molecule has 1 aromatic carbocycles. The van der Waals surface area contributed by atoms with E-state index in [1.807, 2.05) is 0 Å². The number of hydrogen-bond acceptors (Lipinski definition) is 4. The molecule has 3 aliphatic rings. The number of fused-ring (bicyclic) bond motifs is 1. The van der Waals surface area contributed by atoms with Gasteiger partial charge in [0.1, 0.15) is 11.6 Å². The van der Waals surface area contributed by atoms with Gasteiger partial charge in [0.15, 0.2) is 0 Å². The summed E-state index contributed by atoms with van der Waals surface area (Å²) in [6.45, 7) is 5.49. The third kappa shape index (κ3) is 3.50. The van der Waals surface area contributed by atoms with Gasteiger partial charge in [-0.05, 0) is 50.2 Å². The molecular weight excluding hydrogens is 348 g/mol. The van der Waals surface area contributed by atoms with Crippen LogP contribution in [0.5, 0.6) is 0 Å². The summed E-state index contributed by atoms with van der Waals surface area (Å²) >= 11 is 0. The van der Waals surface area contributed by atoms with Crippen LogP contribution < -0.4 is 4.90 Å². The summed E-state index contributed by atoms with van der Waals surface area (Å²) in [7, 11) is 0. The first-order valence-corrected chi connectivity index (χ1v) is 10.6. The number of rotatable bonds is 3. The maximum atomic E-state index is 13.1. The largest absolute Gasteiger partial charge is 0.356 e. The highest BCUT2D eigenvalue weighted by atomic mass is 16.2. The summed E-state index contributed by atoms with van der Waals surface area (Å²) in [4.78, 5) is 26.9. The van der Waals surface area contributed by atoms with Crippen LogP contribution in [0.15, 0.2) is 30.3 Å². The first-order chi connectivity index (χ1) is 13.7. The Labute approximate surface area is 166 Å². The first-order valence-electron chi connectivity index (χ1n) is 10.6. The molecule has 5 rings (SSSR count). The maximum absolute atomic E-state index is 13.1. The van der Waals surface area contributed by atoms with Gasteiger partial charge >= 0.3 is 0 Å². The van der Waals surface area contributed by atoms with Gasteiger partial charge in [-0.25, -0.2) is 9.97 Å². The van der Waals surface area contributed by atoms with Gasteiger partial charge in [0.05, 0.1) is 0 Å². The average Bonchev–Trinajstić information content (AvgIpc) is 3.58. The third-order valence-corrected chi connectivity index (χ3v) is 6.41. The van der Waals surface area contributed by atoms with Gasteiger partial charge in [0.25, 0.3) is 0 Å². The Morgan fingerprint density at radius 1 is 1.00 bits per heavy atom. The first kappa shape index (κ1) is 17.7. The molecule has 0 spiro atoms. The van der Waals surface area contributed by atoms with Crippen LogP contribution in [0.2, 0.25) is 0 Å². The second kappa shape index (κ2) is 7.19. The highest BCUT2D eigenvalue weighted by molar-refractivity contribution is 5.79. The van der Waals surface area contributed by atoms with E-state index in [-0.39, 0.29) is 5.92 Å². The Bertz CT molecular complexity index is 884. The number of carbonyl (C=O) groups is 1. The number of piperidine rings is 1. The normalized spacial score (nSPS) is 20.2. The van der Waals surface area contributed by atoms with Crippen LogP contribution in [0, 0.1) is 12.8 Å². The Balaban J connectivity index is 1.22. The molecule has 146 valence electrons. The lowest BCUT2D eigenvalue weighted by Crippen LogP contribution is -2.44. The number of hydrogen-bond donors (Lipinski definition) is 0. The van der Waals surface area contributed by atoms with Gasteiger partial charge in [0.2, 0.25) is 5.91 Å². The molecule has 1 saturated heterocycles. The molecule has 28 heavy (non-hydrogen) atoms. The smallest absolute Gasteiger partial charge is 0.226 e. The highest BCUT2D eigenvalue weighted by Crippen LogP contribution is 2.39. The predicted octanol–water partition coefficient (Wildman–Crippen LogP) is 3.46. The van der Waals surface area contributed by atoms with Crippen LogP contribution in [0.3, 0.4) is 0 Å². The van der Waals surface area contributed by atoms with Crippen molar-refractivity contribution >= 4 is 11.7 Å². The Morgan fingerprint density at radius 2 is 1.75 bits per heavy atom. The lowest BCUT2D eigenvalue weighted by molar-refractivity contribution is -0.137.